The van der Waals surface area contributed by atoms with Crippen LogP contribution in [0.1, 0.15) is 24.0 Å². The molecule has 0 radical (unpaired) electrons. The van der Waals surface area contributed by atoms with Crippen molar-refractivity contribution in [2.45, 2.75) is 24.9 Å². The lowest BCUT2D eigenvalue weighted by molar-refractivity contribution is 0.231. The molecule has 4 rings (SSSR count). The Bertz CT molecular complexity index is 899. The Morgan fingerprint density at radius 2 is 2.04 bits per heavy atom. The molecule has 1 saturated carbocycles. The van der Waals surface area contributed by atoms with E-state index in [0.29, 0.717) is 11.6 Å². The fourth-order valence-electron chi connectivity index (χ4n) is 3.61. The van der Waals surface area contributed by atoms with E-state index in [0.717, 1.165) is 35.4 Å². The van der Waals surface area contributed by atoms with E-state index < -0.39 is 5.54 Å². The average Bonchev–Trinajstić information content (AvgIpc) is 3.50. The number of benzene rings is 2. The lowest BCUT2D eigenvalue weighted by Crippen LogP contribution is -2.56. The van der Waals surface area contributed by atoms with Crippen molar-refractivity contribution in [2.75, 3.05) is 12.0 Å². The number of nitrogens with one attached hydrogen (secondary N) is 1. The van der Waals surface area contributed by atoms with Crippen LogP contribution in [0, 0.1) is 18.3 Å². The number of hydrogen-bond acceptors (Lipinski definition) is 2. The number of amides is 2. The molecule has 0 bridgehead atoms. The molecule has 1 fully saturated rings. The van der Waals surface area contributed by atoms with E-state index >= 15 is 0 Å². The number of halogens is 1. The van der Waals surface area contributed by atoms with E-state index in [-0.39, 0.29) is 11.9 Å². The second-order valence-electron chi connectivity index (χ2n) is 6.75. The Labute approximate surface area is 158 Å². The number of hydrogen-bond donors (Lipinski definition) is 1. The third kappa shape index (κ3) is 2.69. The first-order valence-electron chi connectivity index (χ1n) is 8.58. The third-order valence-electron chi connectivity index (χ3n) is 5.14. The van der Waals surface area contributed by atoms with Crippen LogP contribution in [0.5, 0.6) is 5.75 Å². The predicted octanol–water partition coefficient (Wildman–Crippen LogP) is 4.32. The van der Waals surface area contributed by atoms with Crippen LogP contribution in [0.3, 0.4) is 0 Å². The van der Waals surface area contributed by atoms with Gasteiger partial charge in [0.1, 0.15) is 11.3 Å². The normalized spacial score (nSPS) is 21.6. The van der Waals surface area contributed by atoms with Crippen molar-refractivity contribution in [3.63, 3.8) is 0 Å². The molecule has 132 valence electrons. The molecule has 1 atom stereocenters. The van der Waals surface area contributed by atoms with Crippen molar-refractivity contribution >= 4 is 23.3 Å². The molecule has 0 spiro atoms. The average molecular weight is 367 g/mol. The maximum Gasteiger partial charge on any atom is 0.323 e. The zero-order valence-corrected chi connectivity index (χ0v) is 15.2. The van der Waals surface area contributed by atoms with Gasteiger partial charge in [-0.1, -0.05) is 29.7 Å². The molecule has 26 heavy (non-hydrogen) atoms. The Hall–Kier alpha value is -2.64. The lowest BCUT2D eigenvalue weighted by atomic mass is 9.82. The van der Waals surface area contributed by atoms with E-state index in [1.807, 2.05) is 36.4 Å². The molecule has 0 aromatic heterocycles. The van der Waals surface area contributed by atoms with E-state index in [2.05, 4.69) is 11.2 Å². The topological polar surface area (TPSA) is 41.6 Å². The highest BCUT2D eigenvalue weighted by molar-refractivity contribution is 6.30. The number of nitrogens with zero attached hydrogens (tertiary/aromatic N) is 1. The Kier molecular flexibility index (Phi) is 4.05. The first kappa shape index (κ1) is 16.8. The predicted molar refractivity (Wildman–Crippen MR) is 102 cm³/mol. The Morgan fingerprint density at radius 3 is 2.65 bits per heavy atom. The van der Waals surface area contributed by atoms with Gasteiger partial charge in [0.25, 0.3) is 0 Å². The van der Waals surface area contributed by atoms with Gasteiger partial charge in [-0.3, -0.25) is 4.90 Å². The molecule has 2 aromatic rings. The molecule has 2 aliphatic rings. The van der Waals surface area contributed by atoms with E-state index in [1.165, 1.54) is 0 Å². The Balaban J connectivity index is 1.75. The number of rotatable bonds is 4. The summed E-state index contributed by atoms with van der Waals surface area (Å²) in [4.78, 5) is 14.7. The molecule has 1 aliphatic heterocycles. The van der Waals surface area contributed by atoms with Crippen LogP contribution < -0.4 is 15.0 Å². The van der Waals surface area contributed by atoms with Gasteiger partial charge < -0.3 is 10.1 Å². The van der Waals surface area contributed by atoms with Gasteiger partial charge in [-0.25, -0.2) is 4.79 Å². The summed E-state index contributed by atoms with van der Waals surface area (Å²) in [6.45, 7) is 0.440. The van der Waals surface area contributed by atoms with Crippen molar-refractivity contribution in [3.8, 4) is 18.1 Å². The van der Waals surface area contributed by atoms with Crippen LogP contribution in [0.25, 0.3) is 0 Å². The third-order valence-corrected chi connectivity index (χ3v) is 5.38. The molecule has 1 unspecified atom stereocenters. The maximum atomic E-state index is 12.9. The Morgan fingerprint density at radius 1 is 1.31 bits per heavy atom. The van der Waals surface area contributed by atoms with Crippen LogP contribution >= 0.6 is 11.6 Å². The number of terminal acetylenes is 1. The summed E-state index contributed by atoms with van der Waals surface area (Å²) in [6.07, 6.45) is 7.91. The summed E-state index contributed by atoms with van der Waals surface area (Å²) >= 11 is 6.25. The number of fused-ring (bicyclic) bond motifs is 1. The second-order valence-corrected chi connectivity index (χ2v) is 7.19. The van der Waals surface area contributed by atoms with E-state index in [1.54, 1.807) is 18.1 Å². The number of carbonyl (C=O) groups is 1. The minimum absolute atomic E-state index is 0.180. The van der Waals surface area contributed by atoms with Crippen molar-refractivity contribution in [2.24, 2.45) is 5.92 Å². The number of anilines is 1. The summed E-state index contributed by atoms with van der Waals surface area (Å²) in [5, 5.41) is 3.70. The van der Waals surface area contributed by atoms with Crippen LogP contribution in [0.2, 0.25) is 5.02 Å². The zero-order chi connectivity index (χ0) is 18.3. The maximum absolute atomic E-state index is 12.9. The minimum Gasteiger partial charge on any atom is -0.497 e. The molecule has 2 aromatic carbocycles. The zero-order valence-electron chi connectivity index (χ0n) is 14.5. The van der Waals surface area contributed by atoms with Crippen LogP contribution in [0.4, 0.5) is 10.5 Å². The van der Waals surface area contributed by atoms with E-state index in [9.17, 15) is 4.79 Å². The van der Waals surface area contributed by atoms with Crippen molar-refractivity contribution < 1.29 is 9.53 Å². The number of carbonyl (C=O) groups excluding carboxylic acids is 1. The molecule has 1 N–H and O–H groups in total. The fourth-order valence-corrected chi connectivity index (χ4v) is 3.78. The highest BCUT2D eigenvalue weighted by Crippen LogP contribution is 2.50. The van der Waals surface area contributed by atoms with Crippen LogP contribution in [0.15, 0.2) is 42.5 Å². The highest BCUT2D eigenvalue weighted by Gasteiger charge is 2.51. The largest absolute Gasteiger partial charge is 0.497 e. The lowest BCUT2D eigenvalue weighted by Gasteiger charge is -2.41. The van der Waals surface area contributed by atoms with E-state index in [4.69, 9.17) is 22.8 Å². The molecular formula is C21H19ClN2O2. The quantitative estimate of drug-likeness (QED) is 0.819. The summed E-state index contributed by atoms with van der Waals surface area (Å²) in [5.41, 5.74) is 1.96. The summed E-state index contributed by atoms with van der Waals surface area (Å²) in [5.74, 6) is 3.90. The van der Waals surface area contributed by atoms with Gasteiger partial charge in [-0.05, 0) is 54.7 Å². The molecule has 0 saturated heterocycles. The molecule has 1 heterocycles. The van der Waals surface area contributed by atoms with Gasteiger partial charge in [0.2, 0.25) is 0 Å². The first-order chi connectivity index (χ1) is 12.6. The van der Waals surface area contributed by atoms with Gasteiger partial charge >= 0.3 is 6.03 Å². The van der Waals surface area contributed by atoms with Gasteiger partial charge in [-0.15, -0.1) is 6.42 Å². The van der Waals surface area contributed by atoms with Gasteiger partial charge in [0.15, 0.2) is 0 Å². The van der Waals surface area contributed by atoms with Crippen LogP contribution in [-0.2, 0) is 12.1 Å². The summed E-state index contributed by atoms with van der Waals surface area (Å²) < 4.78 is 5.20. The van der Waals surface area contributed by atoms with Crippen LogP contribution in [-0.4, -0.2) is 13.1 Å². The molecule has 1 aliphatic carbocycles. The van der Waals surface area contributed by atoms with Gasteiger partial charge in [0, 0.05) is 10.6 Å². The number of urea groups is 1. The van der Waals surface area contributed by atoms with Crippen molar-refractivity contribution in [1.82, 2.24) is 5.32 Å². The molecule has 5 heteroatoms. The van der Waals surface area contributed by atoms with Gasteiger partial charge in [0.05, 0.1) is 19.3 Å². The smallest absolute Gasteiger partial charge is 0.323 e. The summed E-state index contributed by atoms with van der Waals surface area (Å²) in [6, 6.07) is 13.1. The number of methoxy groups -OCH3 is 1. The highest BCUT2D eigenvalue weighted by atomic mass is 35.5. The summed E-state index contributed by atoms with van der Waals surface area (Å²) in [7, 11) is 1.63. The standard InChI is InChI=1S/C21H19ClN2O2/c1-3-21(15-6-7-15)18-12-16(22)8-11-19(18)24(20(25)23-21)13-14-4-9-17(26-2)10-5-14/h1,4-5,8-12,15H,6-7,13H2,2H3,(H,23,25). The molecule has 2 amide bonds. The monoisotopic (exact) mass is 366 g/mol. The fraction of sp³-hybridized carbons (Fsp3) is 0.286. The molecular weight excluding hydrogens is 348 g/mol. The van der Waals surface area contributed by atoms with Gasteiger partial charge in [-0.2, -0.15) is 0 Å². The SMILES string of the molecule is C#CC1(C2CC2)NC(=O)N(Cc2ccc(OC)cc2)c2ccc(Cl)cc21. The molecule has 4 nitrogen and oxygen atoms in total. The first-order valence-corrected chi connectivity index (χ1v) is 8.95. The van der Waals surface area contributed by atoms with Crippen molar-refractivity contribution in [1.29, 1.82) is 0 Å². The van der Waals surface area contributed by atoms with Crippen molar-refractivity contribution in [3.05, 3.63) is 58.6 Å². The second kappa shape index (κ2) is 6.26. The minimum atomic E-state index is -0.770. The number of ether oxygens (including phenoxy) is 1.